The van der Waals surface area contributed by atoms with Gasteiger partial charge in [0.15, 0.2) is 22.8 Å². The first-order chi connectivity index (χ1) is 51.4. The molecular weight excluding hydrogens is 1460 g/mol. The highest BCUT2D eigenvalue weighted by molar-refractivity contribution is 6.81. The summed E-state index contributed by atoms with van der Waals surface area (Å²) >= 11 is 23.0. The lowest BCUT2D eigenvalue weighted by Gasteiger charge is -2.31. The molecule has 578 valence electrons. The van der Waals surface area contributed by atoms with E-state index in [1.165, 1.54) is 46.6 Å². The number of esters is 4. The number of fused-ring (bicyclic) bond motifs is 3. The van der Waals surface area contributed by atoms with E-state index in [0.717, 1.165) is 150 Å². The number of carbonyl (C=O) groups excluding carboxylic acids is 6. The number of aliphatic hydroxyl groups is 2. The number of amides is 1. The number of aliphatic hydroxyl groups excluding tert-OH is 2. The number of oxime groups is 1. The molecule has 0 saturated heterocycles. The summed E-state index contributed by atoms with van der Waals surface area (Å²) in [4.78, 5) is 70.4. The topological polar surface area (TPSA) is 367 Å². The van der Waals surface area contributed by atoms with Crippen LogP contribution in [-0.2, 0) is 73.5 Å². The number of nitrogens with zero attached hydrogens (tertiary/aromatic N) is 7. The highest BCUT2D eigenvalue weighted by atomic mass is 35.5. The molecule has 31 heteroatoms. The third kappa shape index (κ3) is 34.0. The van der Waals surface area contributed by atoms with Crippen molar-refractivity contribution < 1.29 is 86.4 Å². The Morgan fingerprint density at radius 1 is 0.566 bits per heavy atom. The molecule has 1 amide bonds. The molecule has 7 heterocycles. The van der Waals surface area contributed by atoms with Crippen LogP contribution in [0.25, 0.3) is 0 Å². The number of terminal acetylenes is 1. The van der Waals surface area contributed by atoms with E-state index in [1.807, 2.05) is 24.3 Å². The molecule has 3 aliphatic heterocycles. The van der Waals surface area contributed by atoms with Gasteiger partial charge in [-0.3, -0.25) is 10.0 Å². The molecule has 0 radical (unpaired) electrons. The molecule has 0 spiro atoms. The van der Waals surface area contributed by atoms with Crippen LogP contribution in [0.5, 0.6) is 0 Å². The molecule has 3 aliphatic rings. The van der Waals surface area contributed by atoms with Crippen molar-refractivity contribution in [1.29, 1.82) is 0 Å². The number of ether oxygens (including phenoxy) is 4. The molecule has 106 heavy (non-hydrogen) atoms. The lowest BCUT2D eigenvalue weighted by Crippen LogP contribution is -2.30. The fraction of sp³-hybridized carbons (Fsp3) is 0.480. The second kappa shape index (κ2) is 52.9. The average Bonchev–Trinajstić information content (AvgIpc) is 0.868. The van der Waals surface area contributed by atoms with Crippen LogP contribution in [0.1, 0.15) is 199 Å². The second-order valence-electron chi connectivity index (χ2n) is 23.5. The number of hydrogen-bond donors (Lipinski definition) is 6. The number of anilines is 3. The van der Waals surface area contributed by atoms with E-state index in [-0.39, 0.29) is 42.6 Å². The third-order valence-corrected chi connectivity index (χ3v) is 16.5. The summed E-state index contributed by atoms with van der Waals surface area (Å²) in [6.07, 6.45) is 24.7. The number of hydroxylamine groups is 1. The molecule has 0 saturated carbocycles. The minimum absolute atomic E-state index is 0.0920. The maximum atomic E-state index is 11.6. The Labute approximate surface area is 637 Å². The van der Waals surface area contributed by atoms with Crippen LogP contribution < -0.4 is 20.6 Å². The quantitative estimate of drug-likeness (QED) is 0.00280. The Bertz CT molecular complexity index is 3820. The van der Waals surface area contributed by atoms with Crippen molar-refractivity contribution in [1.82, 2.24) is 26.1 Å². The number of unbranched alkanes of at least 4 members (excludes halogenated alkanes) is 6. The first-order valence-corrected chi connectivity index (χ1v) is 36.9. The summed E-state index contributed by atoms with van der Waals surface area (Å²) in [5.74, 6) is 2.26. The summed E-state index contributed by atoms with van der Waals surface area (Å²) in [7, 11) is 0. The Morgan fingerprint density at radius 2 is 0.972 bits per heavy atom. The zero-order valence-corrected chi connectivity index (χ0v) is 63.5. The van der Waals surface area contributed by atoms with Gasteiger partial charge in [0.05, 0.1) is 26.4 Å². The normalized spacial score (nSPS) is 12.2. The summed E-state index contributed by atoms with van der Waals surface area (Å²) in [6.45, 7) is 13.7. The third-order valence-electron chi connectivity index (χ3n) is 15.6. The maximum Gasteiger partial charge on any atom is 0.372 e. The van der Waals surface area contributed by atoms with Crippen LogP contribution in [0, 0.1) is 12.3 Å². The Balaban J connectivity index is 0.000000272. The lowest BCUT2D eigenvalue weighted by atomic mass is 10.0. The number of nitrogens with one attached hydrogen (secondary N) is 2. The van der Waals surface area contributed by atoms with Crippen LogP contribution in [0.4, 0.5) is 17.1 Å². The smallest absolute Gasteiger partial charge is 0.372 e. The SMILES string of the molecule is C#CCCCCO.CCOC(=O)/C(Cl)=N/O.CCOC(=O)c1cc(CCCC=O)on1.CCOC(=O)c1cc(CCCCN2CCCc3cc(Cl)ccc32)on1.CCOC(=O)c1cc(CCCCO)on1.Clc1ccc2c(c1)CCCN2.O=C(NO)c1cc(CCCCN2CCCc3cc(Cl)ccc32)on1. The van der Waals surface area contributed by atoms with Crippen LogP contribution in [-0.4, -0.2) is 155 Å². The molecule has 4 aromatic heterocycles. The molecule has 10 rings (SSSR count). The van der Waals surface area contributed by atoms with Gasteiger partial charge in [-0.15, -0.1) is 12.3 Å². The van der Waals surface area contributed by atoms with Gasteiger partial charge in [-0.1, -0.05) is 72.2 Å². The van der Waals surface area contributed by atoms with Gasteiger partial charge in [0.25, 0.3) is 11.1 Å². The number of aryl methyl sites for hydroxylation is 7. The average molecular weight is 1550 g/mol. The van der Waals surface area contributed by atoms with Gasteiger partial charge in [0.1, 0.15) is 29.3 Å². The van der Waals surface area contributed by atoms with Crippen molar-refractivity contribution in [3.63, 3.8) is 0 Å². The van der Waals surface area contributed by atoms with Crippen LogP contribution >= 0.6 is 46.4 Å². The number of aldehydes is 1. The van der Waals surface area contributed by atoms with Gasteiger partial charge in [-0.05, 0) is 195 Å². The predicted octanol–water partition coefficient (Wildman–Crippen LogP) is 14.1. The van der Waals surface area contributed by atoms with Crippen molar-refractivity contribution in [2.45, 2.75) is 163 Å². The predicted molar refractivity (Wildman–Crippen MR) is 402 cm³/mol. The van der Waals surface area contributed by atoms with Gasteiger partial charge in [0.2, 0.25) is 0 Å². The second-order valence-corrected chi connectivity index (χ2v) is 25.2. The van der Waals surface area contributed by atoms with Gasteiger partial charge in [-0.25, -0.2) is 24.7 Å². The van der Waals surface area contributed by atoms with E-state index in [1.54, 1.807) is 57.4 Å². The standard InChI is InChI=1S/C19H23ClN2O3.C17H20ClN3O3.C10H15NO4.C10H13NO4.C9H10ClN.C6H10O.C4H6ClNO3/c1-2-24-19(23)17-13-16(25-21-17)7-3-4-10-22-11-5-6-14-12-15(20)8-9-18(14)22;18-13-6-7-16-12(10-13)4-3-9-21(16)8-2-1-5-14-11-15(20-24-14)17(22)19-23;2*1-2-14-10(13)9-7-8(15-11-9)5-3-4-6-12;10-8-3-4-9-7(6-8)2-1-5-11-9;1-2-3-4-5-6-7;1-2-9-4(7)3(5)6-8/h8-9,12-13H,2-7,10-11H2,1H3;6-7,10-11,23H,1-5,8-9H2,(H,19,22);7,12H,2-6H2,1H3;6-7H,2-5H2,1H3;3-4,6,11H,1-2,5H2;1,7H,3-6H2;8H,2H2,1H3/b;;;;;;6-3-. The fourth-order valence-corrected chi connectivity index (χ4v) is 11.2. The summed E-state index contributed by atoms with van der Waals surface area (Å²) < 4.78 is 38.9. The molecule has 6 N–H and O–H groups in total. The van der Waals surface area contributed by atoms with Crippen molar-refractivity contribution in [3.05, 3.63) is 156 Å². The van der Waals surface area contributed by atoms with Gasteiger partial charge >= 0.3 is 23.9 Å². The molecule has 0 bridgehead atoms. The highest BCUT2D eigenvalue weighted by Gasteiger charge is 2.21. The number of rotatable bonds is 30. The number of carbonyl (C=O) groups is 6. The molecule has 7 aromatic rings. The Morgan fingerprint density at radius 3 is 1.40 bits per heavy atom. The van der Waals surface area contributed by atoms with Gasteiger partial charge in [-0.2, -0.15) is 0 Å². The van der Waals surface area contributed by atoms with E-state index >= 15 is 0 Å². The first-order valence-electron chi connectivity index (χ1n) is 35.4. The first kappa shape index (κ1) is 89.4. The number of hydrogen-bond acceptors (Lipinski definition) is 26. The Hall–Kier alpha value is -9.01. The van der Waals surface area contributed by atoms with Crippen LogP contribution in [0.3, 0.4) is 0 Å². The number of halogens is 4. The van der Waals surface area contributed by atoms with Crippen LogP contribution in [0.2, 0.25) is 15.1 Å². The number of aromatic nitrogens is 4. The zero-order valence-electron chi connectivity index (χ0n) is 60.4. The molecule has 0 atom stereocenters. The largest absolute Gasteiger partial charge is 0.461 e. The summed E-state index contributed by atoms with van der Waals surface area (Å²) in [5.41, 5.74) is 10.1. The molecule has 0 unspecified atom stereocenters. The minimum Gasteiger partial charge on any atom is -0.461 e. The monoisotopic (exact) mass is 1550 g/mol. The van der Waals surface area contributed by atoms with Crippen LogP contribution in [0.15, 0.2) is 102 Å². The summed E-state index contributed by atoms with van der Waals surface area (Å²) in [5, 5.41) is 55.5. The van der Waals surface area contributed by atoms with E-state index < -0.39 is 35.0 Å². The van der Waals surface area contributed by atoms with E-state index in [4.69, 9.17) is 106 Å². The van der Waals surface area contributed by atoms with E-state index in [2.05, 4.69) is 81.9 Å². The molecule has 3 aromatic carbocycles. The zero-order chi connectivity index (χ0) is 77.3. The summed E-state index contributed by atoms with van der Waals surface area (Å²) in [6, 6.07) is 24.7. The highest BCUT2D eigenvalue weighted by Crippen LogP contribution is 2.32. The van der Waals surface area contributed by atoms with Crippen molar-refractivity contribution in [2.24, 2.45) is 5.16 Å². The van der Waals surface area contributed by atoms with E-state index in [9.17, 15) is 28.8 Å². The Kier molecular flexibility index (Phi) is 44.6. The van der Waals surface area contributed by atoms with Crippen molar-refractivity contribution in [3.8, 4) is 12.3 Å². The lowest BCUT2D eigenvalue weighted by molar-refractivity contribution is -0.134. The maximum absolute atomic E-state index is 11.6. The van der Waals surface area contributed by atoms with Gasteiger partial charge < -0.3 is 72.4 Å². The molecule has 0 aliphatic carbocycles. The van der Waals surface area contributed by atoms with Gasteiger partial charge in [0, 0.05) is 141 Å². The molecule has 0 fully saturated rings. The van der Waals surface area contributed by atoms with Crippen molar-refractivity contribution in [2.75, 3.05) is 87.5 Å². The minimum atomic E-state index is -0.818. The molecule has 27 nitrogen and oxygen atoms in total. The molecular formula is C75H97Cl4N9O18. The van der Waals surface area contributed by atoms with Crippen molar-refractivity contribution >= 4 is 105 Å². The van der Waals surface area contributed by atoms with E-state index in [0.29, 0.717) is 69.2 Å². The fourth-order valence-electron chi connectivity index (χ4n) is 10.5. The number of benzene rings is 3.